The molecule has 1 heterocycles. The van der Waals surface area contributed by atoms with Crippen LogP contribution in [0.1, 0.15) is 39.0 Å². The number of hydrogen-bond acceptors (Lipinski definition) is 2. The van der Waals surface area contributed by atoms with Gasteiger partial charge in [-0.3, -0.25) is 0 Å². The average molecular weight is 327 g/mol. The van der Waals surface area contributed by atoms with Gasteiger partial charge in [0.25, 0.3) is 10.2 Å². The fraction of sp³-hybridized carbons (Fsp3) is 1.00. The van der Waals surface area contributed by atoms with Crippen LogP contribution in [0.5, 0.6) is 0 Å². The Morgan fingerprint density at radius 2 is 1.76 bits per heavy atom. The van der Waals surface area contributed by atoms with E-state index in [-0.39, 0.29) is 0 Å². The molecular formula is C11H23BrN2O2S. The molecule has 1 aliphatic heterocycles. The van der Waals surface area contributed by atoms with E-state index in [1.165, 1.54) is 0 Å². The van der Waals surface area contributed by atoms with E-state index < -0.39 is 10.2 Å². The molecule has 0 atom stereocenters. The maximum absolute atomic E-state index is 12.4. The number of hydrogen-bond donors (Lipinski definition) is 0. The highest BCUT2D eigenvalue weighted by molar-refractivity contribution is 9.09. The summed E-state index contributed by atoms with van der Waals surface area (Å²) in [6.45, 7) is 4.45. The van der Waals surface area contributed by atoms with E-state index in [4.69, 9.17) is 0 Å². The van der Waals surface area contributed by atoms with Crippen molar-refractivity contribution in [3.8, 4) is 0 Å². The molecule has 0 aromatic rings. The highest BCUT2D eigenvalue weighted by Gasteiger charge is 2.28. The molecule has 0 aromatic carbocycles. The smallest absolute Gasteiger partial charge is 0.195 e. The summed E-state index contributed by atoms with van der Waals surface area (Å²) in [4.78, 5) is 0. The molecule has 17 heavy (non-hydrogen) atoms. The van der Waals surface area contributed by atoms with Crippen LogP contribution in [0.4, 0.5) is 0 Å². The second kappa shape index (κ2) is 7.71. The standard InChI is InChI=1S/C11H23BrN2O2S/c1-2-13(11-7-8-12)17(15,16)14-9-5-3-4-6-10-14/h2-11H2,1H3. The minimum atomic E-state index is -3.22. The van der Waals surface area contributed by atoms with Gasteiger partial charge in [0.15, 0.2) is 0 Å². The van der Waals surface area contributed by atoms with Crippen molar-refractivity contribution in [1.29, 1.82) is 0 Å². The third kappa shape index (κ3) is 4.50. The summed E-state index contributed by atoms with van der Waals surface area (Å²) >= 11 is 3.35. The van der Waals surface area contributed by atoms with Crippen LogP contribution < -0.4 is 0 Å². The molecule has 102 valence electrons. The van der Waals surface area contributed by atoms with Crippen LogP contribution in [0.15, 0.2) is 0 Å². The molecule has 0 spiro atoms. The van der Waals surface area contributed by atoms with E-state index in [0.29, 0.717) is 26.2 Å². The molecule has 0 unspecified atom stereocenters. The van der Waals surface area contributed by atoms with Crippen LogP contribution in [-0.4, -0.2) is 48.5 Å². The van der Waals surface area contributed by atoms with Crippen molar-refractivity contribution in [1.82, 2.24) is 8.61 Å². The summed E-state index contributed by atoms with van der Waals surface area (Å²) in [5.74, 6) is 0. The third-order valence-electron chi connectivity index (χ3n) is 3.11. The van der Waals surface area contributed by atoms with Gasteiger partial charge in [-0.15, -0.1) is 0 Å². The molecule has 0 N–H and O–H groups in total. The van der Waals surface area contributed by atoms with Gasteiger partial charge in [-0.25, -0.2) is 0 Å². The van der Waals surface area contributed by atoms with Gasteiger partial charge in [-0.2, -0.15) is 17.0 Å². The zero-order valence-corrected chi connectivity index (χ0v) is 13.0. The van der Waals surface area contributed by atoms with E-state index in [1.807, 2.05) is 6.92 Å². The predicted molar refractivity (Wildman–Crippen MR) is 74.6 cm³/mol. The number of alkyl halides is 1. The van der Waals surface area contributed by atoms with Gasteiger partial charge in [0, 0.05) is 31.5 Å². The molecule has 1 rings (SSSR count). The number of nitrogens with zero attached hydrogens (tertiary/aromatic N) is 2. The first-order valence-corrected chi connectivity index (χ1v) is 8.96. The van der Waals surface area contributed by atoms with Crippen molar-refractivity contribution >= 4 is 26.1 Å². The second-order valence-corrected chi connectivity index (χ2v) is 7.08. The van der Waals surface area contributed by atoms with E-state index in [2.05, 4.69) is 15.9 Å². The lowest BCUT2D eigenvalue weighted by atomic mass is 10.2. The minimum absolute atomic E-state index is 0.561. The minimum Gasteiger partial charge on any atom is -0.195 e. The summed E-state index contributed by atoms with van der Waals surface area (Å²) in [5, 5.41) is 0.846. The van der Waals surface area contributed by atoms with Gasteiger partial charge in [0.2, 0.25) is 0 Å². The van der Waals surface area contributed by atoms with E-state index in [1.54, 1.807) is 8.61 Å². The molecule has 0 aromatic heterocycles. The summed E-state index contributed by atoms with van der Waals surface area (Å²) in [5.41, 5.74) is 0. The van der Waals surface area contributed by atoms with Gasteiger partial charge >= 0.3 is 0 Å². The predicted octanol–water partition coefficient (Wildman–Crippen LogP) is 2.21. The van der Waals surface area contributed by atoms with Crippen LogP contribution >= 0.6 is 15.9 Å². The Morgan fingerprint density at radius 1 is 1.18 bits per heavy atom. The molecule has 1 fully saturated rings. The van der Waals surface area contributed by atoms with Gasteiger partial charge in [-0.05, 0) is 19.3 Å². The highest BCUT2D eigenvalue weighted by Crippen LogP contribution is 2.16. The molecule has 4 nitrogen and oxygen atoms in total. The number of halogens is 1. The van der Waals surface area contributed by atoms with Crippen molar-refractivity contribution in [2.45, 2.75) is 39.0 Å². The first-order valence-electron chi connectivity index (χ1n) is 6.44. The topological polar surface area (TPSA) is 40.6 Å². The molecule has 0 aliphatic carbocycles. The van der Waals surface area contributed by atoms with E-state index in [9.17, 15) is 8.42 Å². The Bertz CT molecular complexity index is 301. The maximum atomic E-state index is 12.4. The first kappa shape index (κ1) is 15.4. The molecule has 0 amide bonds. The monoisotopic (exact) mass is 326 g/mol. The fourth-order valence-electron chi connectivity index (χ4n) is 2.11. The van der Waals surface area contributed by atoms with Crippen LogP contribution in [0.2, 0.25) is 0 Å². The summed E-state index contributed by atoms with van der Waals surface area (Å²) in [7, 11) is -3.22. The summed E-state index contributed by atoms with van der Waals surface area (Å²) < 4.78 is 28.1. The molecule has 1 saturated heterocycles. The van der Waals surface area contributed by atoms with Gasteiger partial charge in [0.05, 0.1) is 0 Å². The quantitative estimate of drug-likeness (QED) is 0.702. The molecule has 1 aliphatic rings. The SMILES string of the molecule is CCN(CCCBr)S(=O)(=O)N1CCCCCC1. The second-order valence-electron chi connectivity index (χ2n) is 4.36. The number of rotatable bonds is 6. The molecule has 0 radical (unpaired) electrons. The van der Waals surface area contributed by atoms with Crippen molar-refractivity contribution in [2.75, 3.05) is 31.5 Å². The first-order chi connectivity index (χ1) is 8.12. The lowest BCUT2D eigenvalue weighted by Crippen LogP contribution is -2.44. The van der Waals surface area contributed by atoms with Crippen LogP contribution in [0.25, 0.3) is 0 Å². The highest BCUT2D eigenvalue weighted by atomic mass is 79.9. The van der Waals surface area contributed by atoms with Gasteiger partial charge in [-0.1, -0.05) is 35.7 Å². The lowest BCUT2D eigenvalue weighted by Gasteiger charge is -2.28. The van der Waals surface area contributed by atoms with Crippen LogP contribution in [-0.2, 0) is 10.2 Å². The molecular weight excluding hydrogens is 304 g/mol. The zero-order chi connectivity index (χ0) is 12.7. The van der Waals surface area contributed by atoms with Gasteiger partial charge < -0.3 is 0 Å². The van der Waals surface area contributed by atoms with Gasteiger partial charge in [0.1, 0.15) is 0 Å². The Hall–Kier alpha value is 0.350. The van der Waals surface area contributed by atoms with Crippen molar-refractivity contribution < 1.29 is 8.42 Å². The Labute approximate surface area is 114 Å². The molecule has 6 heteroatoms. The normalized spacial score (nSPS) is 19.5. The van der Waals surface area contributed by atoms with Crippen LogP contribution in [0.3, 0.4) is 0 Å². The Balaban J connectivity index is 2.68. The zero-order valence-electron chi connectivity index (χ0n) is 10.6. The Kier molecular flexibility index (Phi) is 6.99. The van der Waals surface area contributed by atoms with Crippen LogP contribution in [0, 0.1) is 0 Å². The lowest BCUT2D eigenvalue weighted by molar-refractivity contribution is 0.347. The molecule has 0 saturated carbocycles. The van der Waals surface area contributed by atoms with Crippen molar-refractivity contribution in [2.24, 2.45) is 0 Å². The molecule has 0 bridgehead atoms. The van der Waals surface area contributed by atoms with E-state index >= 15 is 0 Å². The Morgan fingerprint density at radius 3 is 2.24 bits per heavy atom. The van der Waals surface area contributed by atoms with Crippen molar-refractivity contribution in [3.05, 3.63) is 0 Å². The largest absolute Gasteiger partial charge is 0.281 e. The summed E-state index contributed by atoms with van der Waals surface area (Å²) in [6.07, 6.45) is 5.16. The fourth-order valence-corrected chi connectivity index (χ4v) is 4.09. The average Bonchev–Trinajstić information content (AvgIpc) is 2.58. The summed E-state index contributed by atoms with van der Waals surface area (Å²) in [6, 6.07) is 0. The maximum Gasteiger partial charge on any atom is 0.281 e. The van der Waals surface area contributed by atoms with Crippen molar-refractivity contribution in [3.63, 3.8) is 0 Å². The van der Waals surface area contributed by atoms with E-state index in [0.717, 1.165) is 37.4 Å². The third-order valence-corrected chi connectivity index (χ3v) is 5.78.